The lowest BCUT2D eigenvalue weighted by Gasteiger charge is -2.33. The lowest BCUT2D eigenvalue weighted by atomic mass is 9.79. The minimum atomic E-state index is 0.354. The summed E-state index contributed by atoms with van der Waals surface area (Å²) < 4.78 is 6.27. The Hall–Kier alpha value is -2.00. The van der Waals surface area contributed by atoms with Gasteiger partial charge in [0, 0.05) is 12.2 Å². The Labute approximate surface area is 158 Å². The van der Waals surface area contributed by atoms with Gasteiger partial charge in [-0.1, -0.05) is 31.2 Å². The van der Waals surface area contributed by atoms with E-state index >= 15 is 0 Å². The quantitative estimate of drug-likeness (QED) is 0.694. The monoisotopic (exact) mass is 352 g/mol. The van der Waals surface area contributed by atoms with E-state index in [1.54, 1.807) is 0 Å². The average molecular weight is 353 g/mol. The second-order valence-electron chi connectivity index (χ2n) is 7.84. The van der Waals surface area contributed by atoms with Gasteiger partial charge in [-0.25, -0.2) is 0 Å². The first-order valence-corrected chi connectivity index (χ1v) is 9.88. The van der Waals surface area contributed by atoms with Crippen LogP contribution in [0.15, 0.2) is 48.5 Å². The van der Waals surface area contributed by atoms with Gasteiger partial charge in [0.15, 0.2) is 0 Å². The van der Waals surface area contributed by atoms with Gasteiger partial charge in [0.05, 0.1) is 6.10 Å². The van der Waals surface area contributed by atoms with Crippen LogP contribution in [0.3, 0.4) is 0 Å². The van der Waals surface area contributed by atoms with Crippen molar-refractivity contribution >= 4 is 5.69 Å². The van der Waals surface area contributed by atoms with Gasteiger partial charge >= 0.3 is 0 Å². The van der Waals surface area contributed by atoms with E-state index in [1.807, 2.05) is 18.2 Å². The molecule has 3 nitrogen and oxygen atoms in total. The summed E-state index contributed by atoms with van der Waals surface area (Å²) in [4.78, 5) is 0. The van der Waals surface area contributed by atoms with E-state index < -0.39 is 0 Å². The molecule has 0 bridgehead atoms. The van der Waals surface area contributed by atoms with Gasteiger partial charge in [0.2, 0.25) is 0 Å². The van der Waals surface area contributed by atoms with Crippen molar-refractivity contribution in [2.45, 2.75) is 52.2 Å². The summed E-state index contributed by atoms with van der Waals surface area (Å²) in [5, 5.41) is 3.60. The number of hydrogen-bond donors (Lipinski definition) is 2. The molecule has 26 heavy (non-hydrogen) atoms. The van der Waals surface area contributed by atoms with Crippen molar-refractivity contribution in [3.05, 3.63) is 59.7 Å². The molecule has 3 rings (SSSR count). The molecular formula is C23H32N2O. The first-order valence-electron chi connectivity index (χ1n) is 9.88. The van der Waals surface area contributed by atoms with Crippen LogP contribution in [-0.2, 0) is 6.54 Å². The van der Waals surface area contributed by atoms with Gasteiger partial charge in [-0.15, -0.1) is 0 Å². The number of rotatable bonds is 7. The van der Waals surface area contributed by atoms with E-state index in [0.717, 1.165) is 36.9 Å². The Morgan fingerprint density at radius 1 is 1.15 bits per heavy atom. The molecule has 0 radical (unpaired) electrons. The Balaban J connectivity index is 1.46. The smallest absolute Gasteiger partial charge is 0.119 e. The normalized spacial score (nSPS) is 21.3. The molecule has 0 aromatic heterocycles. The number of anilines is 1. The topological polar surface area (TPSA) is 47.3 Å². The van der Waals surface area contributed by atoms with Gasteiger partial charge in [0.1, 0.15) is 5.75 Å². The van der Waals surface area contributed by atoms with Crippen LogP contribution in [0.2, 0.25) is 0 Å². The van der Waals surface area contributed by atoms with E-state index in [4.69, 9.17) is 10.5 Å². The van der Waals surface area contributed by atoms with Crippen molar-refractivity contribution in [2.75, 3.05) is 12.3 Å². The van der Waals surface area contributed by atoms with Crippen molar-refractivity contribution < 1.29 is 4.74 Å². The lowest BCUT2D eigenvalue weighted by molar-refractivity contribution is 0.102. The fraction of sp³-hybridized carbons (Fsp3) is 0.478. The largest absolute Gasteiger partial charge is 0.490 e. The second-order valence-corrected chi connectivity index (χ2v) is 7.84. The highest BCUT2D eigenvalue weighted by atomic mass is 16.5. The molecule has 2 aromatic rings. The van der Waals surface area contributed by atoms with E-state index in [1.165, 1.54) is 30.4 Å². The maximum Gasteiger partial charge on any atom is 0.119 e. The molecule has 1 fully saturated rings. The SMILES string of the molecule is Cc1cccc(O[C@@H]2CCC[C@H](C(C)CNCc3cccc(N)c3)C2)c1. The molecular weight excluding hydrogens is 320 g/mol. The van der Waals surface area contributed by atoms with Crippen molar-refractivity contribution in [1.82, 2.24) is 5.32 Å². The molecule has 1 saturated carbocycles. The molecule has 3 N–H and O–H groups in total. The van der Waals surface area contributed by atoms with Gasteiger partial charge < -0.3 is 15.8 Å². The minimum Gasteiger partial charge on any atom is -0.490 e. The standard InChI is InChI=1S/C23H32N2O/c1-17-6-3-10-22(12-17)26-23-11-5-8-20(14-23)18(2)15-25-16-19-7-4-9-21(24)13-19/h3-4,6-7,9-10,12-13,18,20,23,25H,5,8,11,14-16,24H2,1-2H3/t18?,20-,23+/m0/s1. The summed E-state index contributed by atoms with van der Waals surface area (Å²) >= 11 is 0. The first-order chi connectivity index (χ1) is 12.6. The summed E-state index contributed by atoms with van der Waals surface area (Å²) in [7, 11) is 0. The molecule has 3 heteroatoms. The summed E-state index contributed by atoms with van der Waals surface area (Å²) in [5.41, 5.74) is 9.20. The van der Waals surface area contributed by atoms with Crippen molar-refractivity contribution in [3.63, 3.8) is 0 Å². The second kappa shape index (κ2) is 9.09. The maximum absolute atomic E-state index is 6.27. The van der Waals surface area contributed by atoms with Crippen LogP contribution in [-0.4, -0.2) is 12.6 Å². The molecule has 0 amide bonds. The van der Waals surface area contributed by atoms with Crippen molar-refractivity contribution in [1.29, 1.82) is 0 Å². The van der Waals surface area contributed by atoms with E-state index in [9.17, 15) is 0 Å². The number of hydrogen-bond acceptors (Lipinski definition) is 3. The van der Waals surface area contributed by atoms with Crippen LogP contribution in [0.1, 0.15) is 43.7 Å². The van der Waals surface area contributed by atoms with Crippen LogP contribution in [0.4, 0.5) is 5.69 Å². The summed E-state index contributed by atoms with van der Waals surface area (Å²) in [5.74, 6) is 2.40. The van der Waals surface area contributed by atoms with E-state index in [0.29, 0.717) is 12.0 Å². The summed E-state index contributed by atoms with van der Waals surface area (Å²) in [6, 6.07) is 16.5. The third-order valence-corrected chi connectivity index (χ3v) is 5.51. The van der Waals surface area contributed by atoms with Crippen LogP contribution in [0, 0.1) is 18.8 Å². The Kier molecular flexibility index (Phi) is 6.56. The number of nitrogens with two attached hydrogens (primary N) is 1. The molecule has 1 unspecified atom stereocenters. The van der Waals surface area contributed by atoms with E-state index in [-0.39, 0.29) is 0 Å². The third kappa shape index (κ3) is 5.50. The Morgan fingerprint density at radius 3 is 2.81 bits per heavy atom. The van der Waals surface area contributed by atoms with Gasteiger partial charge in [-0.3, -0.25) is 0 Å². The lowest BCUT2D eigenvalue weighted by Crippen LogP contribution is -2.33. The third-order valence-electron chi connectivity index (χ3n) is 5.51. The Bertz CT molecular complexity index is 700. The molecule has 140 valence electrons. The molecule has 0 heterocycles. The molecule has 1 aliphatic rings. The predicted octanol–water partition coefficient (Wildman–Crippen LogP) is 4.94. The van der Waals surface area contributed by atoms with Crippen LogP contribution < -0.4 is 15.8 Å². The predicted molar refractivity (Wildman–Crippen MR) is 109 cm³/mol. The van der Waals surface area contributed by atoms with Crippen molar-refractivity contribution in [3.8, 4) is 5.75 Å². The fourth-order valence-corrected chi connectivity index (χ4v) is 4.00. The van der Waals surface area contributed by atoms with Crippen LogP contribution in [0.5, 0.6) is 5.75 Å². The zero-order valence-corrected chi connectivity index (χ0v) is 16.1. The zero-order chi connectivity index (χ0) is 18.4. The Morgan fingerprint density at radius 2 is 2.00 bits per heavy atom. The highest BCUT2D eigenvalue weighted by Gasteiger charge is 2.27. The number of benzene rings is 2. The van der Waals surface area contributed by atoms with Gasteiger partial charge in [-0.05, 0) is 86.4 Å². The molecule has 0 saturated heterocycles. The number of nitrogens with one attached hydrogen (secondary N) is 1. The molecule has 0 spiro atoms. The van der Waals surface area contributed by atoms with Crippen LogP contribution in [0.25, 0.3) is 0 Å². The first kappa shape index (κ1) is 18.8. The number of aryl methyl sites for hydroxylation is 1. The van der Waals surface area contributed by atoms with E-state index in [2.05, 4.69) is 49.5 Å². The van der Waals surface area contributed by atoms with Gasteiger partial charge in [-0.2, -0.15) is 0 Å². The average Bonchev–Trinajstić information content (AvgIpc) is 2.62. The molecule has 3 atom stereocenters. The highest BCUT2D eigenvalue weighted by molar-refractivity contribution is 5.40. The highest BCUT2D eigenvalue weighted by Crippen LogP contribution is 2.32. The minimum absolute atomic E-state index is 0.354. The van der Waals surface area contributed by atoms with Gasteiger partial charge in [0.25, 0.3) is 0 Å². The molecule has 0 aliphatic heterocycles. The zero-order valence-electron chi connectivity index (χ0n) is 16.1. The summed E-state index contributed by atoms with van der Waals surface area (Å²) in [6.45, 7) is 6.40. The molecule has 1 aliphatic carbocycles. The van der Waals surface area contributed by atoms with Crippen molar-refractivity contribution in [2.24, 2.45) is 11.8 Å². The summed E-state index contributed by atoms with van der Waals surface area (Å²) in [6.07, 6.45) is 5.27. The number of nitrogen functional groups attached to an aromatic ring is 1. The van der Waals surface area contributed by atoms with Crippen LogP contribution >= 0.6 is 0 Å². The number of ether oxygens (including phenoxy) is 1. The fourth-order valence-electron chi connectivity index (χ4n) is 4.00. The molecule has 2 aromatic carbocycles. The maximum atomic E-state index is 6.27.